The zero-order valence-electron chi connectivity index (χ0n) is 9.82. The van der Waals surface area contributed by atoms with Gasteiger partial charge in [-0.3, -0.25) is 4.79 Å². The lowest BCUT2D eigenvalue weighted by atomic mass is 9.93. The lowest BCUT2D eigenvalue weighted by Gasteiger charge is -2.28. The van der Waals surface area contributed by atoms with Gasteiger partial charge in [0.15, 0.2) is 0 Å². The molecule has 1 unspecified atom stereocenters. The zero-order chi connectivity index (χ0) is 11.5. The summed E-state index contributed by atoms with van der Waals surface area (Å²) in [6.45, 7) is 5.74. The van der Waals surface area contributed by atoms with Crippen molar-refractivity contribution in [2.45, 2.75) is 32.8 Å². The largest absolute Gasteiger partial charge is 0.481 e. The summed E-state index contributed by atoms with van der Waals surface area (Å²) >= 11 is 0. The van der Waals surface area contributed by atoms with Crippen LogP contribution in [0.3, 0.4) is 0 Å². The molecule has 0 aromatic heterocycles. The summed E-state index contributed by atoms with van der Waals surface area (Å²) in [6, 6.07) is 0. The number of nitrogens with zero attached hydrogens (tertiary/aromatic N) is 1. The Hall–Kier alpha value is -0.610. The quantitative estimate of drug-likeness (QED) is 0.749. The zero-order valence-corrected chi connectivity index (χ0v) is 9.82. The van der Waals surface area contributed by atoms with Crippen LogP contribution < -0.4 is 0 Å². The Morgan fingerprint density at radius 3 is 2.73 bits per heavy atom. The average Bonchev–Trinajstić information content (AvgIpc) is 2.54. The molecule has 4 nitrogen and oxygen atoms in total. The van der Waals surface area contributed by atoms with Crippen LogP contribution in [0.15, 0.2) is 0 Å². The summed E-state index contributed by atoms with van der Waals surface area (Å²) < 4.78 is 5.51. The lowest BCUT2D eigenvalue weighted by molar-refractivity contribution is -0.148. The Kier molecular flexibility index (Phi) is 4.11. The van der Waals surface area contributed by atoms with Crippen molar-refractivity contribution < 1.29 is 14.6 Å². The van der Waals surface area contributed by atoms with Crippen molar-refractivity contribution in [1.29, 1.82) is 0 Å². The van der Waals surface area contributed by atoms with E-state index in [4.69, 9.17) is 9.84 Å². The Morgan fingerprint density at radius 1 is 1.60 bits per heavy atom. The number of aliphatic carboxylic acids is 1. The lowest BCUT2D eigenvalue weighted by Crippen LogP contribution is -2.40. The maximum atomic E-state index is 10.9. The molecule has 1 atom stereocenters. The van der Waals surface area contributed by atoms with Crippen molar-refractivity contribution in [3.63, 3.8) is 0 Å². The summed E-state index contributed by atoms with van der Waals surface area (Å²) in [6.07, 6.45) is 2.51. The Balaban J connectivity index is 2.34. The minimum atomic E-state index is -0.748. The Labute approximate surface area is 91.2 Å². The molecule has 1 saturated heterocycles. The molecule has 1 aliphatic rings. The first kappa shape index (κ1) is 12.5. The molecular weight excluding hydrogens is 194 g/mol. The fourth-order valence-corrected chi connectivity index (χ4v) is 1.94. The molecule has 0 saturated carbocycles. The summed E-state index contributed by atoms with van der Waals surface area (Å²) in [4.78, 5) is 13.0. The number of hydrogen-bond donors (Lipinski definition) is 1. The Bertz CT molecular complexity index is 222. The fourth-order valence-electron chi connectivity index (χ4n) is 1.94. The topological polar surface area (TPSA) is 49.8 Å². The first-order valence-electron chi connectivity index (χ1n) is 5.45. The van der Waals surface area contributed by atoms with Gasteiger partial charge < -0.3 is 14.7 Å². The van der Waals surface area contributed by atoms with Crippen LogP contribution in [-0.4, -0.2) is 48.8 Å². The van der Waals surface area contributed by atoms with E-state index in [9.17, 15) is 4.79 Å². The van der Waals surface area contributed by atoms with E-state index in [1.165, 1.54) is 0 Å². The van der Waals surface area contributed by atoms with Crippen LogP contribution in [0.4, 0.5) is 0 Å². The van der Waals surface area contributed by atoms with E-state index in [1.807, 2.05) is 11.9 Å². The molecule has 1 N–H and O–H groups in total. The molecule has 1 heterocycles. The molecule has 0 aromatic carbocycles. The second-order valence-electron chi connectivity index (χ2n) is 5.02. The minimum absolute atomic E-state index is 0.291. The monoisotopic (exact) mass is 215 g/mol. The van der Waals surface area contributed by atoms with Crippen molar-refractivity contribution in [3.8, 4) is 0 Å². The number of carboxylic acid groups (broad SMARTS) is 1. The van der Waals surface area contributed by atoms with Gasteiger partial charge in [-0.15, -0.1) is 0 Å². The van der Waals surface area contributed by atoms with Gasteiger partial charge in [0.2, 0.25) is 0 Å². The van der Waals surface area contributed by atoms with Crippen LogP contribution in [0.1, 0.15) is 26.7 Å². The standard InChI is InChI=1S/C11H21NO3/c1-11(2,10(13)14)8-12(3)7-9-5-4-6-15-9/h9H,4-8H2,1-3H3,(H,13,14). The summed E-state index contributed by atoms with van der Waals surface area (Å²) in [5.74, 6) is -0.748. The van der Waals surface area contributed by atoms with Crippen LogP contribution in [0.25, 0.3) is 0 Å². The number of hydrogen-bond acceptors (Lipinski definition) is 3. The number of rotatable bonds is 5. The molecule has 0 radical (unpaired) electrons. The first-order chi connectivity index (χ1) is 6.92. The minimum Gasteiger partial charge on any atom is -0.481 e. The predicted molar refractivity (Wildman–Crippen MR) is 57.9 cm³/mol. The highest BCUT2D eigenvalue weighted by atomic mass is 16.5. The molecule has 0 aromatic rings. The third kappa shape index (κ3) is 3.80. The average molecular weight is 215 g/mol. The van der Waals surface area contributed by atoms with Crippen LogP contribution in [0, 0.1) is 5.41 Å². The van der Waals surface area contributed by atoms with E-state index < -0.39 is 11.4 Å². The highest BCUT2D eigenvalue weighted by molar-refractivity contribution is 5.73. The highest BCUT2D eigenvalue weighted by Crippen LogP contribution is 2.18. The second-order valence-corrected chi connectivity index (χ2v) is 5.02. The first-order valence-corrected chi connectivity index (χ1v) is 5.45. The Morgan fingerprint density at radius 2 is 2.27 bits per heavy atom. The predicted octanol–water partition coefficient (Wildman–Crippen LogP) is 1.21. The van der Waals surface area contributed by atoms with Gasteiger partial charge in [0, 0.05) is 19.7 Å². The van der Waals surface area contributed by atoms with Crippen molar-refractivity contribution >= 4 is 5.97 Å². The van der Waals surface area contributed by atoms with Crippen LogP contribution in [0.2, 0.25) is 0 Å². The van der Waals surface area contributed by atoms with E-state index in [0.29, 0.717) is 12.6 Å². The second kappa shape index (κ2) is 4.94. The molecule has 0 bridgehead atoms. The van der Waals surface area contributed by atoms with Gasteiger partial charge in [-0.1, -0.05) is 0 Å². The van der Waals surface area contributed by atoms with E-state index in [0.717, 1.165) is 26.0 Å². The molecule has 0 spiro atoms. The molecule has 1 aliphatic heterocycles. The highest BCUT2D eigenvalue weighted by Gasteiger charge is 2.29. The normalized spacial score (nSPS) is 22.3. The van der Waals surface area contributed by atoms with Gasteiger partial charge >= 0.3 is 5.97 Å². The summed E-state index contributed by atoms with van der Waals surface area (Å²) in [5, 5.41) is 8.99. The number of likely N-dealkylation sites (N-methyl/N-ethyl adjacent to an activating group) is 1. The van der Waals surface area contributed by atoms with Gasteiger partial charge in [-0.2, -0.15) is 0 Å². The van der Waals surface area contributed by atoms with Gasteiger partial charge in [-0.25, -0.2) is 0 Å². The third-order valence-electron chi connectivity index (χ3n) is 2.78. The van der Waals surface area contributed by atoms with Gasteiger partial charge in [0.25, 0.3) is 0 Å². The maximum Gasteiger partial charge on any atom is 0.310 e. The summed E-state index contributed by atoms with van der Waals surface area (Å²) in [5.41, 5.74) is -0.687. The van der Waals surface area contributed by atoms with E-state index in [1.54, 1.807) is 13.8 Å². The molecule has 4 heteroatoms. The van der Waals surface area contributed by atoms with Gasteiger partial charge in [-0.05, 0) is 33.7 Å². The molecule has 0 aliphatic carbocycles. The summed E-state index contributed by atoms with van der Waals surface area (Å²) in [7, 11) is 1.95. The molecule has 1 rings (SSSR count). The molecule has 88 valence electrons. The van der Waals surface area contributed by atoms with Crippen LogP contribution in [0.5, 0.6) is 0 Å². The molecular formula is C11H21NO3. The van der Waals surface area contributed by atoms with E-state index >= 15 is 0 Å². The SMILES string of the molecule is CN(CC1CCCO1)CC(C)(C)C(=O)O. The number of carboxylic acids is 1. The molecule has 0 amide bonds. The van der Waals surface area contributed by atoms with Gasteiger partial charge in [0.1, 0.15) is 0 Å². The van der Waals surface area contributed by atoms with E-state index in [2.05, 4.69) is 0 Å². The van der Waals surface area contributed by atoms with Crippen molar-refractivity contribution in [2.24, 2.45) is 5.41 Å². The fraction of sp³-hybridized carbons (Fsp3) is 0.909. The van der Waals surface area contributed by atoms with Crippen molar-refractivity contribution in [3.05, 3.63) is 0 Å². The maximum absolute atomic E-state index is 10.9. The van der Waals surface area contributed by atoms with E-state index in [-0.39, 0.29) is 0 Å². The van der Waals surface area contributed by atoms with Gasteiger partial charge in [0.05, 0.1) is 11.5 Å². The van der Waals surface area contributed by atoms with Crippen molar-refractivity contribution in [1.82, 2.24) is 4.90 Å². The van der Waals surface area contributed by atoms with Crippen LogP contribution >= 0.6 is 0 Å². The third-order valence-corrected chi connectivity index (χ3v) is 2.78. The van der Waals surface area contributed by atoms with Crippen LogP contribution in [-0.2, 0) is 9.53 Å². The smallest absolute Gasteiger partial charge is 0.310 e. The molecule has 15 heavy (non-hydrogen) atoms. The number of ether oxygens (including phenoxy) is 1. The molecule has 1 fully saturated rings. The number of carbonyl (C=O) groups is 1. The van der Waals surface area contributed by atoms with Crippen molar-refractivity contribution in [2.75, 3.05) is 26.7 Å².